The van der Waals surface area contributed by atoms with Crippen molar-refractivity contribution in [2.45, 2.75) is 0 Å². The number of hydrogen-bond donors (Lipinski definition) is 1. The molecule has 0 saturated carbocycles. The highest BCUT2D eigenvalue weighted by molar-refractivity contribution is 7.10. The Kier molecular flexibility index (Phi) is 3.12. The molecule has 1 N–H and O–H groups in total. The van der Waals surface area contributed by atoms with Gasteiger partial charge in [0.2, 0.25) is 0 Å². The first-order chi connectivity index (χ1) is 5.79. The highest BCUT2D eigenvalue weighted by Gasteiger charge is 1.83. The van der Waals surface area contributed by atoms with Crippen LogP contribution in [-0.4, -0.2) is 11.1 Å². The molecule has 2 nitrogen and oxygen atoms in total. The van der Waals surface area contributed by atoms with Crippen LogP contribution in [0.25, 0.3) is 0 Å². The van der Waals surface area contributed by atoms with Crippen LogP contribution in [0.15, 0.2) is 29.7 Å². The molecule has 0 aliphatic rings. The van der Waals surface area contributed by atoms with Crippen LogP contribution in [0, 0.1) is 11.8 Å². The lowest BCUT2D eigenvalue weighted by molar-refractivity contribution is -0.131. The van der Waals surface area contributed by atoms with E-state index < -0.39 is 5.97 Å². The van der Waals surface area contributed by atoms with Gasteiger partial charge in [-0.25, -0.2) is 4.79 Å². The number of rotatable bonds is 1. The molecule has 0 aliphatic carbocycles. The Hall–Kier alpha value is -1.53. The standard InChI is InChI=1S/C9H6O2S/c10-9(11)6-2-1-4-8-5-3-7-12-8/h2-3,5-7H,(H,10,11). The van der Waals surface area contributed by atoms with Crippen molar-refractivity contribution in [3.05, 3.63) is 34.5 Å². The topological polar surface area (TPSA) is 37.3 Å². The number of carboxylic acid groups (broad SMARTS) is 1. The lowest BCUT2D eigenvalue weighted by Gasteiger charge is -1.73. The van der Waals surface area contributed by atoms with Crippen LogP contribution in [-0.2, 0) is 4.79 Å². The highest BCUT2D eigenvalue weighted by atomic mass is 32.1. The predicted molar refractivity (Wildman–Crippen MR) is 48.0 cm³/mol. The Balaban J connectivity index is 2.56. The molecule has 1 heterocycles. The lowest BCUT2D eigenvalue weighted by atomic mass is 10.4. The van der Waals surface area contributed by atoms with E-state index in [0.29, 0.717) is 0 Å². The van der Waals surface area contributed by atoms with Crippen LogP contribution in [0.2, 0.25) is 0 Å². The van der Waals surface area contributed by atoms with Gasteiger partial charge in [-0.1, -0.05) is 17.9 Å². The number of carbonyl (C=O) groups is 1. The Labute approximate surface area is 74.2 Å². The number of carboxylic acids is 1. The number of allylic oxidation sites excluding steroid dienone is 1. The quantitative estimate of drug-likeness (QED) is 0.525. The minimum Gasteiger partial charge on any atom is -0.478 e. The molecule has 12 heavy (non-hydrogen) atoms. The molecule has 1 aromatic heterocycles. The van der Waals surface area contributed by atoms with Gasteiger partial charge in [0, 0.05) is 6.08 Å². The van der Waals surface area contributed by atoms with Gasteiger partial charge in [-0.05, 0) is 17.5 Å². The van der Waals surface area contributed by atoms with Gasteiger partial charge in [0.15, 0.2) is 0 Å². The maximum Gasteiger partial charge on any atom is 0.328 e. The SMILES string of the molecule is O=C(O)C=CC#Cc1cccs1. The second kappa shape index (κ2) is 4.37. The molecule has 60 valence electrons. The molecule has 0 aliphatic heterocycles. The van der Waals surface area contributed by atoms with Gasteiger partial charge in [-0.3, -0.25) is 0 Å². The van der Waals surface area contributed by atoms with Crippen LogP contribution in [0.4, 0.5) is 0 Å². The largest absolute Gasteiger partial charge is 0.478 e. The van der Waals surface area contributed by atoms with Gasteiger partial charge >= 0.3 is 5.97 Å². The third-order valence-corrected chi connectivity index (χ3v) is 1.81. The second-order valence-electron chi connectivity index (χ2n) is 1.92. The van der Waals surface area contributed by atoms with Crippen molar-refractivity contribution >= 4 is 17.3 Å². The van der Waals surface area contributed by atoms with Crippen LogP contribution in [0.1, 0.15) is 4.88 Å². The van der Waals surface area contributed by atoms with Crippen molar-refractivity contribution in [1.82, 2.24) is 0 Å². The van der Waals surface area contributed by atoms with Gasteiger partial charge < -0.3 is 5.11 Å². The summed E-state index contributed by atoms with van der Waals surface area (Å²) in [6, 6.07) is 3.78. The molecular weight excluding hydrogens is 172 g/mol. The average molecular weight is 178 g/mol. The summed E-state index contributed by atoms with van der Waals surface area (Å²) in [5.74, 6) is 4.44. The first-order valence-electron chi connectivity index (χ1n) is 3.23. The van der Waals surface area contributed by atoms with E-state index >= 15 is 0 Å². The maximum absolute atomic E-state index is 10.0. The lowest BCUT2D eigenvalue weighted by Crippen LogP contribution is -1.84. The van der Waals surface area contributed by atoms with Crippen molar-refractivity contribution in [3.63, 3.8) is 0 Å². The molecule has 0 bridgehead atoms. The fraction of sp³-hybridized carbons (Fsp3) is 0. The minimum absolute atomic E-state index is 0.935. The number of hydrogen-bond acceptors (Lipinski definition) is 2. The maximum atomic E-state index is 10.0. The van der Waals surface area contributed by atoms with E-state index in [0.717, 1.165) is 11.0 Å². The molecule has 0 atom stereocenters. The summed E-state index contributed by atoms with van der Waals surface area (Å²) in [4.78, 5) is 10.9. The van der Waals surface area contributed by atoms with Gasteiger partial charge in [0.25, 0.3) is 0 Å². The summed E-state index contributed by atoms with van der Waals surface area (Å²) in [6.45, 7) is 0. The number of aliphatic carboxylic acids is 1. The zero-order valence-electron chi connectivity index (χ0n) is 6.15. The summed E-state index contributed by atoms with van der Waals surface area (Å²) >= 11 is 1.53. The molecule has 3 heteroatoms. The third-order valence-electron chi connectivity index (χ3n) is 1.03. The van der Waals surface area contributed by atoms with Crippen molar-refractivity contribution in [3.8, 4) is 11.8 Å². The van der Waals surface area contributed by atoms with Crippen molar-refractivity contribution < 1.29 is 9.90 Å². The van der Waals surface area contributed by atoms with Crippen molar-refractivity contribution in [1.29, 1.82) is 0 Å². The van der Waals surface area contributed by atoms with E-state index in [1.807, 2.05) is 17.5 Å². The first-order valence-corrected chi connectivity index (χ1v) is 4.11. The predicted octanol–water partition coefficient (Wildman–Crippen LogP) is 1.74. The van der Waals surface area contributed by atoms with Gasteiger partial charge in [0.1, 0.15) is 0 Å². The smallest absolute Gasteiger partial charge is 0.328 e. The summed E-state index contributed by atoms with van der Waals surface area (Å²) in [6.07, 6.45) is 2.34. The van der Waals surface area contributed by atoms with E-state index in [-0.39, 0.29) is 0 Å². The Bertz CT molecular complexity index is 338. The molecule has 0 saturated heterocycles. The molecule has 1 rings (SSSR count). The molecular formula is C9H6O2S. The minimum atomic E-state index is -0.976. The molecule has 0 amide bonds. The fourth-order valence-electron chi connectivity index (χ4n) is 0.575. The summed E-state index contributed by atoms with van der Waals surface area (Å²) in [5.41, 5.74) is 0. The Morgan fingerprint density at radius 2 is 2.50 bits per heavy atom. The third kappa shape index (κ3) is 3.04. The highest BCUT2D eigenvalue weighted by Crippen LogP contribution is 2.05. The first kappa shape index (κ1) is 8.57. The summed E-state index contributed by atoms with van der Waals surface area (Å²) in [5, 5.41) is 10.1. The van der Waals surface area contributed by atoms with Crippen LogP contribution in [0.3, 0.4) is 0 Å². The van der Waals surface area contributed by atoms with Gasteiger partial charge in [0.05, 0.1) is 4.88 Å². The van der Waals surface area contributed by atoms with Crippen LogP contribution < -0.4 is 0 Å². The van der Waals surface area contributed by atoms with E-state index in [1.165, 1.54) is 17.4 Å². The van der Waals surface area contributed by atoms with Crippen molar-refractivity contribution in [2.24, 2.45) is 0 Å². The summed E-state index contributed by atoms with van der Waals surface area (Å²) in [7, 11) is 0. The molecule has 0 radical (unpaired) electrons. The Morgan fingerprint density at radius 1 is 1.67 bits per heavy atom. The van der Waals surface area contributed by atoms with Gasteiger partial charge in [-0.2, -0.15) is 0 Å². The van der Waals surface area contributed by atoms with Gasteiger partial charge in [-0.15, -0.1) is 11.3 Å². The second-order valence-corrected chi connectivity index (χ2v) is 2.87. The molecule has 0 unspecified atom stereocenters. The van der Waals surface area contributed by atoms with E-state index in [1.54, 1.807) is 0 Å². The molecule has 0 aromatic carbocycles. The Morgan fingerprint density at radius 3 is 3.08 bits per heavy atom. The van der Waals surface area contributed by atoms with Crippen LogP contribution in [0.5, 0.6) is 0 Å². The summed E-state index contributed by atoms with van der Waals surface area (Å²) < 4.78 is 0. The number of thiophene rings is 1. The fourth-order valence-corrected chi connectivity index (χ4v) is 1.15. The molecule has 0 fully saturated rings. The van der Waals surface area contributed by atoms with E-state index in [2.05, 4.69) is 11.8 Å². The van der Waals surface area contributed by atoms with E-state index in [4.69, 9.17) is 5.11 Å². The average Bonchev–Trinajstić information content (AvgIpc) is 2.49. The zero-order valence-corrected chi connectivity index (χ0v) is 6.97. The normalized spacial score (nSPS) is 9.33. The van der Waals surface area contributed by atoms with E-state index in [9.17, 15) is 4.79 Å². The zero-order chi connectivity index (χ0) is 8.81. The van der Waals surface area contributed by atoms with Crippen LogP contribution >= 0.6 is 11.3 Å². The molecule has 1 aromatic rings. The van der Waals surface area contributed by atoms with Crippen molar-refractivity contribution in [2.75, 3.05) is 0 Å². The monoisotopic (exact) mass is 178 g/mol. The molecule has 0 spiro atoms.